The predicted molar refractivity (Wildman–Crippen MR) is 101 cm³/mol. The van der Waals surface area contributed by atoms with Crippen LogP contribution in [0, 0.1) is 13.8 Å². The topological polar surface area (TPSA) is 56.4 Å². The first-order valence-corrected chi connectivity index (χ1v) is 9.52. The summed E-state index contributed by atoms with van der Waals surface area (Å²) in [6.45, 7) is 9.12. The van der Waals surface area contributed by atoms with Gasteiger partial charge in [-0.25, -0.2) is 0 Å². The van der Waals surface area contributed by atoms with Gasteiger partial charge in [0.25, 0.3) is 5.91 Å². The van der Waals surface area contributed by atoms with Crippen molar-refractivity contribution in [3.63, 3.8) is 0 Å². The standard InChI is InChI=1S/C18H22ClN3O2S/c1-11-16(13(3)23)12(2)20-17(11)18(24)22-8-6-21(7-9-22)10-14-4-5-15(19)25-14/h4-5,20H,6-10H2,1-3H3. The fourth-order valence-corrected chi connectivity index (χ4v) is 4.55. The maximum atomic E-state index is 12.8. The molecule has 7 heteroatoms. The molecule has 1 aliphatic rings. The fraction of sp³-hybridized carbons (Fsp3) is 0.444. The number of halogens is 1. The number of carbonyl (C=O) groups excluding carboxylic acids is 2. The summed E-state index contributed by atoms with van der Waals surface area (Å²) in [5.74, 6) is -0.0309. The van der Waals surface area contributed by atoms with Crippen LogP contribution >= 0.6 is 22.9 Å². The Bertz CT molecular complexity index is 803. The molecule has 5 nitrogen and oxygen atoms in total. The number of rotatable bonds is 4. The molecule has 2 aromatic rings. The summed E-state index contributed by atoms with van der Waals surface area (Å²) >= 11 is 7.58. The van der Waals surface area contributed by atoms with Gasteiger partial charge in [0.2, 0.25) is 0 Å². The number of Topliss-reactive ketones (excluding diaryl/α,β-unsaturated/α-hetero) is 1. The van der Waals surface area contributed by atoms with E-state index in [-0.39, 0.29) is 11.7 Å². The highest BCUT2D eigenvalue weighted by atomic mass is 35.5. The monoisotopic (exact) mass is 379 g/mol. The van der Waals surface area contributed by atoms with E-state index >= 15 is 0 Å². The van der Waals surface area contributed by atoms with Crippen molar-refractivity contribution >= 4 is 34.6 Å². The molecule has 3 rings (SSSR count). The Balaban J connectivity index is 1.64. The fourth-order valence-electron chi connectivity index (χ4n) is 3.42. The Morgan fingerprint density at radius 2 is 1.88 bits per heavy atom. The maximum Gasteiger partial charge on any atom is 0.270 e. The van der Waals surface area contributed by atoms with Crippen LogP contribution in [0.1, 0.15) is 43.9 Å². The second kappa shape index (κ2) is 7.32. The van der Waals surface area contributed by atoms with Crippen LogP contribution in [0.4, 0.5) is 0 Å². The Morgan fingerprint density at radius 1 is 1.20 bits per heavy atom. The summed E-state index contributed by atoms with van der Waals surface area (Å²) < 4.78 is 0.808. The Kier molecular flexibility index (Phi) is 5.32. The molecule has 1 N–H and O–H groups in total. The van der Waals surface area contributed by atoms with Gasteiger partial charge >= 0.3 is 0 Å². The van der Waals surface area contributed by atoms with E-state index < -0.39 is 0 Å². The average molecular weight is 380 g/mol. The first kappa shape index (κ1) is 18.2. The van der Waals surface area contributed by atoms with Crippen LogP contribution in [-0.2, 0) is 6.54 Å². The van der Waals surface area contributed by atoms with E-state index in [1.165, 1.54) is 11.8 Å². The van der Waals surface area contributed by atoms with Gasteiger partial charge in [-0.1, -0.05) is 11.6 Å². The molecule has 1 saturated heterocycles. The van der Waals surface area contributed by atoms with E-state index in [4.69, 9.17) is 11.6 Å². The van der Waals surface area contributed by atoms with Gasteiger partial charge in [0, 0.05) is 48.9 Å². The number of nitrogens with zero attached hydrogens (tertiary/aromatic N) is 2. The number of hydrogen-bond donors (Lipinski definition) is 1. The predicted octanol–water partition coefficient (Wildman–Crippen LogP) is 3.51. The van der Waals surface area contributed by atoms with E-state index in [0.29, 0.717) is 24.3 Å². The second-order valence-electron chi connectivity index (χ2n) is 6.46. The van der Waals surface area contributed by atoms with Crippen LogP contribution in [0.25, 0.3) is 0 Å². The molecule has 0 saturated carbocycles. The van der Waals surface area contributed by atoms with Crippen molar-refractivity contribution in [2.24, 2.45) is 0 Å². The summed E-state index contributed by atoms with van der Waals surface area (Å²) in [6, 6.07) is 3.98. The van der Waals surface area contributed by atoms with Gasteiger partial charge in [-0.15, -0.1) is 11.3 Å². The molecule has 0 spiro atoms. The minimum absolute atomic E-state index is 0.00951. The van der Waals surface area contributed by atoms with Gasteiger partial charge in [0.05, 0.1) is 4.34 Å². The molecule has 1 aliphatic heterocycles. The molecule has 0 aliphatic carbocycles. The van der Waals surface area contributed by atoms with Gasteiger partial charge in [0.15, 0.2) is 5.78 Å². The number of amides is 1. The highest BCUT2D eigenvalue weighted by Gasteiger charge is 2.26. The van der Waals surface area contributed by atoms with Crippen LogP contribution in [0.5, 0.6) is 0 Å². The molecule has 0 radical (unpaired) electrons. The largest absolute Gasteiger partial charge is 0.354 e. The number of H-pyrrole nitrogens is 1. The molecule has 0 unspecified atom stereocenters. The quantitative estimate of drug-likeness (QED) is 0.827. The van der Waals surface area contributed by atoms with E-state index in [0.717, 1.165) is 35.2 Å². The van der Waals surface area contributed by atoms with E-state index in [9.17, 15) is 9.59 Å². The van der Waals surface area contributed by atoms with Crippen LogP contribution in [-0.4, -0.2) is 52.7 Å². The van der Waals surface area contributed by atoms with Crippen LogP contribution in [0.3, 0.4) is 0 Å². The van der Waals surface area contributed by atoms with Gasteiger partial charge in [0.1, 0.15) is 5.69 Å². The van der Waals surface area contributed by atoms with E-state index in [2.05, 4.69) is 16.0 Å². The molecule has 0 bridgehead atoms. The lowest BCUT2D eigenvalue weighted by atomic mass is 10.1. The molecular formula is C18H22ClN3O2S. The highest BCUT2D eigenvalue weighted by Crippen LogP contribution is 2.24. The third kappa shape index (κ3) is 3.81. The van der Waals surface area contributed by atoms with Crippen LogP contribution < -0.4 is 0 Å². The van der Waals surface area contributed by atoms with Gasteiger partial charge in [-0.2, -0.15) is 0 Å². The third-order valence-electron chi connectivity index (χ3n) is 4.67. The molecule has 0 aromatic carbocycles. The summed E-state index contributed by atoms with van der Waals surface area (Å²) in [6.07, 6.45) is 0. The summed E-state index contributed by atoms with van der Waals surface area (Å²) in [5.41, 5.74) is 2.70. The van der Waals surface area contributed by atoms with Gasteiger partial charge < -0.3 is 9.88 Å². The van der Waals surface area contributed by atoms with Crippen molar-refractivity contribution in [2.45, 2.75) is 27.3 Å². The minimum atomic E-state index is -0.0214. The lowest BCUT2D eigenvalue weighted by Gasteiger charge is -2.34. The number of nitrogens with one attached hydrogen (secondary N) is 1. The smallest absolute Gasteiger partial charge is 0.270 e. The van der Waals surface area contributed by atoms with E-state index in [1.54, 1.807) is 11.3 Å². The van der Waals surface area contributed by atoms with Crippen molar-refractivity contribution in [1.29, 1.82) is 0 Å². The van der Waals surface area contributed by atoms with Gasteiger partial charge in [-0.05, 0) is 38.5 Å². The molecule has 134 valence electrons. The SMILES string of the molecule is CC(=O)c1c(C)[nH]c(C(=O)N2CCN(Cc3ccc(Cl)s3)CC2)c1C. The highest BCUT2D eigenvalue weighted by molar-refractivity contribution is 7.16. The molecule has 2 aromatic heterocycles. The number of piperazine rings is 1. The zero-order chi connectivity index (χ0) is 18.1. The second-order valence-corrected chi connectivity index (χ2v) is 8.25. The van der Waals surface area contributed by atoms with Crippen molar-refractivity contribution in [3.05, 3.63) is 43.9 Å². The normalized spacial score (nSPS) is 15.6. The minimum Gasteiger partial charge on any atom is -0.354 e. The first-order valence-electron chi connectivity index (χ1n) is 8.32. The van der Waals surface area contributed by atoms with Crippen LogP contribution in [0.2, 0.25) is 4.34 Å². The number of aryl methyl sites for hydroxylation is 1. The number of thiophene rings is 1. The number of aromatic amines is 1. The van der Waals surface area contributed by atoms with Crippen molar-refractivity contribution in [2.75, 3.05) is 26.2 Å². The lowest BCUT2D eigenvalue weighted by molar-refractivity contribution is 0.0623. The lowest BCUT2D eigenvalue weighted by Crippen LogP contribution is -2.48. The Hall–Kier alpha value is -1.63. The summed E-state index contributed by atoms with van der Waals surface area (Å²) in [7, 11) is 0. The maximum absolute atomic E-state index is 12.8. The summed E-state index contributed by atoms with van der Waals surface area (Å²) in [5, 5.41) is 0. The number of hydrogen-bond acceptors (Lipinski definition) is 4. The Morgan fingerprint density at radius 3 is 2.40 bits per heavy atom. The Labute approximate surface area is 156 Å². The molecule has 1 amide bonds. The zero-order valence-electron chi connectivity index (χ0n) is 14.7. The number of carbonyl (C=O) groups is 2. The molecular weight excluding hydrogens is 358 g/mol. The third-order valence-corrected chi connectivity index (χ3v) is 5.89. The molecule has 1 fully saturated rings. The van der Waals surface area contributed by atoms with Crippen molar-refractivity contribution in [3.8, 4) is 0 Å². The zero-order valence-corrected chi connectivity index (χ0v) is 16.3. The molecule has 0 atom stereocenters. The average Bonchev–Trinajstić information content (AvgIpc) is 3.10. The molecule has 25 heavy (non-hydrogen) atoms. The van der Waals surface area contributed by atoms with Gasteiger partial charge in [-0.3, -0.25) is 14.5 Å². The number of aromatic nitrogens is 1. The van der Waals surface area contributed by atoms with Crippen LogP contribution in [0.15, 0.2) is 12.1 Å². The van der Waals surface area contributed by atoms with Crippen molar-refractivity contribution in [1.82, 2.24) is 14.8 Å². The summed E-state index contributed by atoms with van der Waals surface area (Å²) in [4.78, 5) is 33.1. The van der Waals surface area contributed by atoms with Crippen molar-refractivity contribution < 1.29 is 9.59 Å². The first-order chi connectivity index (χ1) is 11.9. The number of ketones is 1. The van der Waals surface area contributed by atoms with E-state index in [1.807, 2.05) is 24.8 Å². The molecule has 3 heterocycles.